The van der Waals surface area contributed by atoms with Gasteiger partial charge < -0.3 is 19.3 Å². The molecule has 0 saturated carbocycles. The summed E-state index contributed by atoms with van der Waals surface area (Å²) in [4.78, 5) is 28.9. The van der Waals surface area contributed by atoms with E-state index in [0.717, 1.165) is 10.4 Å². The first kappa shape index (κ1) is 24.3. The van der Waals surface area contributed by atoms with E-state index in [1.165, 1.54) is 30.5 Å². The molecule has 1 fully saturated rings. The van der Waals surface area contributed by atoms with Gasteiger partial charge in [-0.2, -0.15) is 0 Å². The molecule has 0 aliphatic carbocycles. The number of carbonyl (C=O) groups is 2. The smallest absolute Gasteiger partial charge is 0.300 e. The number of thiophene rings is 1. The summed E-state index contributed by atoms with van der Waals surface area (Å²) in [5.74, 6) is -0.262. The average molecular weight is 494 g/mol. The molecule has 3 aromatic rings. The van der Waals surface area contributed by atoms with Crippen LogP contribution in [-0.4, -0.2) is 37.1 Å². The Morgan fingerprint density at radius 1 is 1.03 bits per heavy atom. The number of ketones is 1. The number of Topliss-reactive ketones (excluding diaryl/α,β-unsaturated/α-hetero) is 1. The molecule has 1 N–H and O–H groups in total. The third kappa shape index (κ3) is 4.49. The van der Waals surface area contributed by atoms with E-state index in [2.05, 4.69) is 0 Å². The summed E-state index contributed by atoms with van der Waals surface area (Å²) in [5, 5.41) is 13.3. The molecular formula is C27H27NO6S. The molecule has 1 atom stereocenters. The molecule has 1 aliphatic heterocycles. The van der Waals surface area contributed by atoms with Crippen molar-refractivity contribution in [2.45, 2.75) is 32.9 Å². The van der Waals surface area contributed by atoms with Crippen LogP contribution in [0.3, 0.4) is 0 Å². The van der Waals surface area contributed by atoms with E-state index in [0.29, 0.717) is 28.5 Å². The Morgan fingerprint density at radius 2 is 1.77 bits per heavy atom. The number of anilines is 1. The van der Waals surface area contributed by atoms with Crippen molar-refractivity contribution < 1.29 is 28.9 Å². The first-order chi connectivity index (χ1) is 16.8. The van der Waals surface area contributed by atoms with Crippen molar-refractivity contribution in [1.29, 1.82) is 0 Å². The fraction of sp³-hybridized carbons (Fsp3) is 0.259. The van der Waals surface area contributed by atoms with Gasteiger partial charge in [0.25, 0.3) is 11.7 Å². The van der Waals surface area contributed by atoms with Gasteiger partial charge in [0.05, 0.1) is 25.9 Å². The van der Waals surface area contributed by atoms with Gasteiger partial charge in [0, 0.05) is 22.2 Å². The van der Waals surface area contributed by atoms with E-state index < -0.39 is 17.7 Å². The lowest BCUT2D eigenvalue weighted by molar-refractivity contribution is -0.132. The van der Waals surface area contributed by atoms with Gasteiger partial charge in [0.15, 0.2) is 11.5 Å². The maximum absolute atomic E-state index is 13.4. The van der Waals surface area contributed by atoms with Crippen molar-refractivity contribution in [3.63, 3.8) is 0 Å². The van der Waals surface area contributed by atoms with Gasteiger partial charge >= 0.3 is 0 Å². The van der Waals surface area contributed by atoms with Crippen molar-refractivity contribution >= 4 is 34.5 Å². The Labute approximate surface area is 208 Å². The molecule has 35 heavy (non-hydrogen) atoms. The predicted octanol–water partition coefficient (Wildman–Crippen LogP) is 5.49. The summed E-state index contributed by atoms with van der Waals surface area (Å²) < 4.78 is 16.5. The van der Waals surface area contributed by atoms with Crippen molar-refractivity contribution in [3.8, 4) is 17.2 Å². The average Bonchev–Trinajstić information content (AvgIpc) is 3.38. The van der Waals surface area contributed by atoms with Crippen LogP contribution < -0.4 is 19.1 Å². The Morgan fingerprint density at radius 3 is 2.40 bits per heavy atom. The number of hydrogen-bond donors (Lipinski definition) is 1. The summed E-state index contributed by atoms with van der Waals surface area (Å²) in [6, 6.07) is 13.0. The lowest BCUT2D eigenvalue weighted by atomic mass is 9.98. The van der Waals surface area contributed by atoms with E-state index in [1.807, 2.05) is 32.2 Å². The zero-order valence-electron chi connectivity index (χ0n) is 20.2. The molecule has 0 radical (unpaired) electrons. The topological polar surface area (TPSA) is 85.3 Å². The maximum Gasteiger partial charge on any atom is 0.300 e. The Hall–Kier alpha value is -3.78. The van der Waals surface area contributed by atoms with Crippen LogP contribution in [0.25, 0.3) is 5.76 Å². The first-order valence-electron chi connectivity index (χ1n) is 11.1. The molecule has 0 bridgehead atoms. The number of methoxy groups -OCH3 is 2. The second kappa shape index (κ2) is 9.84. The predicted molar refractivity (Wildman–Crippen MR) is 136 cm³/mol. The van der Waals surface area contributed by atoms with Gasteiger partial charge in [-0.1, -0.05) is 12.1 Å². The molecule has 0 spiro atoms. The molecule has 2 heterocycles. The zero-order valence-corrected chi connectivity index (χ0v) is 21.0. The zero-order chi connectivity index (χ0) is 25.3. The molecule has 8 heteroatoms. The van der Waals surface area contributed by atoms with Gasteiger partial charge in [0.1, 0.15) is 17.6 Å². The summed E-state index contributed by atoms with van der Waals surface area (Å²) in [6.07, 6.45) is -0.0585. The molecule has 1 unspecified atom stereocenters. The highest BCUT2D eigenvalue weighted by molar-refractivity contribution is 7.10. The van der Waals surface area contributed by atoms with Crippen LogP contribution in [0.5, 0.6) is 17.2 Å². The number of aliphatic hydroxyl groups is 1. The van der Waals surface area contributed by atoms with Crippen LogP contribution in [0.4, 0.5) is 5.69 Å². The van der Waals surface area contributed by atoms with E-state index >= 15 is 0 Å². The molecule has 182 valence electrons. The highest BCUT2D eigenvalue weighted by Crippen LogP contribution is 2.46. The number of rotatable bonds is 7. The minimum Gasteiger partial charge on any atom is -0.507 e. The van der Waals surface area contributed by atoms with Gasteiger partial charge in [-0.25, -0.2) is 0 Å². The second-order valence-electron chi connectivity index (χ2n) is 8.37. The normalized spacial score (nSPS) is 17.2. The van der Waals surface area contributed by atoms with Crippen molar-refractivity contribution in [3.05, 3.63) is 75.5 Å². The molecular weight excluding hydrogens is 466 g/mol. The van der Waals surface area contributed by atoms with E-state index in [4.69, 9.17) is 14.2 Å². The summed E-state index contributed by atoms with van der Waals surface area (Å²) in [6.45, 7) is 5.72. The lowest BCUT2D eigenvalue weighted by Gasteiger charge is -2.25. The molecule has 1 saturated heterocycles. The van der Waals surface area contributed by atoms with Crippen molar-refractivity contribution in [2.75, 3.05) is 19.1 Å². The third-order valence-corrected chi connectivity index (χ3v) is 6.79. The van der Waals surface area contributed by atoms with Crippen LogP contribution in [0.2, 0.25) is 0 Å². The SMILES string of the molecule is COc1ccc(N2C(=O)C(=O)/C(=C(\O)c3cccc(OC(C)C)c3)C2c2sccc2C)cc1OC. The third-order valence-electron chi connectivity index (χ3n) is 5.72. The number of benzene rings is 2. The van der Waals surface area contributed by atoms with Crippen LogP contribution >= 0.6 is 11.3 Å². The Kier molecular flexibility index (Phi) is 6.84. The largest absolute Gasteiger partial charge is 0.507 e. The number of hydrogen-bond acceptors (Lipinski definition) is 7. The van der Waals surface area contributed by atoms with Gasteiger partial charge in [0.2, 0.25) is 0 Å². The first-order valence-corrected chi connectivity index (χ1v) is 12.0. The molecule has 1 aromatic heterocycles. The van der Waals surface area contributed by atoms with Gasteiger partial charge in [-0.15, -0.1) is 11.3 Å². The molecule has 7 nitrogen and oxygen atoms in total. The number of ether oxygens (including phenoxy) is 3. The minimum atomic E-state index is -0.803. The van der Waals surface area contributed by atoms with Gasteiger partial charge in [-0.05, 0) is 62.0 Å². The maximum atomic E-state index is 13.4. The van der Waals surface area contributed by atoms with Crippen LogP contribution in [0.1, 0.15) is 35.9 Å². The van der Waals surface area contributed by atoms with Crippen LogP contribution in [-0.2, 0) is 9.59 Å². The number of aliphatic hydroxyl groups excluding tert-OH is 1. The summed E-state index contributed by atoms with van der Waals surface area (Å²) >= 11 is 1.42. The number of nitrogens with zero attached hydrogens (tertiary/aromatic N) is 1. The number of carbonyl (C=O) groups excluding carboxylic acids is 2. The van der Waals surface area contributed by atoms with Gasteiger partial charge in [-0.3, -0.25) is 14.5 Å². The fourth-order valence-electron chi connectivity index (χ4n) is 4.13. The van der Waals surface area contributed by atoms with E-state index in [1.54, 1.807) is 42.5 Å². The van der Waals surface area contributed by atoms with Crippen molar-refractivity contribution in [2.24, 2.45) is 0 Å². The molecule has 2 aromatic carbocycles. The van der Waals surface area contributed by atoms with Crippen LogP contribution in [0, 0.1) is 6.92 Å². The second-order valence-corrected chi connectivity index (χ2v) is 9.32. The molecule has 1 aliphatic rings. The number of amides is 1. The van der Waals surface area contributed by atoms with Crippen molar-refractivity contribution in [1.82, 2.24) is 0 Å². The standard InChI is InChI=1S/C27H27NO6S/c1-15(2)34-19-8-6-7-17(13-19)24(29)22-23(26-16(3)11-12-35-26)28(27(31)25(22)30)18-9-10-20(32-4)21(14-18)33-5/h6-15,23,29H,1-5H3/b24-22-. The highest BCUT2D eigenvalue weighted by Gasteiger charge is 2.48. The van der Waals surface area contributed by atoms with E-state index in [-0.39, 0.29) is 17.4 Å². The quantitative estimate of drug-likeness (QED) is 0.266. The Balaban J connectivity index is 1.91. The summed E-state index contributed by atoms with van der Waals surface area (Å²) in [7, 11) is 3.03. The highest BCUT2D eigenvalue weighted by atomic mass is 32.1. The van der Waals surface area contributed by atoms with Crippen LogP contribution in [0.15, 0.2) is 59.5 Å². The summed E-state index contributed by atoms with van der Waals surface area (Å²) in [5.41, 5.74) is 1.79. The number of aryl methyl sites for hydroxylation is 1. The minimum absolute atomic E-state index is 0.0250. The molecule has 4 rings (SSSR count). The fourth-order valence-corrected chi connectivity index (χ4v) is 5.16. The lowest BCUT2D eigenvalue weighted by Crippen LogP contribution is -2.29. The molecule has 1 amide bonds. The monoisotopic (exact) mass is 493 g/mol. The Bertz CT molecular complexity index is 1310. The van der Waals surface area contributed by atoms with E-state index in [9.17, 15) is 14.7 Å².